The van der Waals surface area contributed by atoms with Crippen LogP contribution in [0.5, 0.6) is 0 Å². The number of nitrogens with two attached hydrogens (primary N) is 1. The lowest BCUT2D eigenvalue weighted by Gasteiger charge is -2.16. The molecule has 0 fully saturated rings. The number of amides is 1. The summed E-state index contributed by atoms with van der Waals surface area (Å²) < 4.78 is 22.5. The van der Waals surface area contributed by atoms with Gasteiger partial charge in [-0.05, 0) is 56.9 Å². The minimum atomic E-state index is -3.78. The number of primary sulfonamides is 1. The van der Waals surface area contributed by atoms with E-state index < -0.39 is 15.3 Å². The van der Waals surface area contributed by atoms with Crippen molar-refractivity contribution in [1.29, 1.82) is 0 Å². The van der Waals surface area contributed by atoms with E-state index >= 15 is 0 Å². The summed E-state index contributed by atoms with van der Waals surface area (Å²) in [6.07, 6.45) is 3.53. The number of carbonyl (C=O) groups excluding carboxylic acids is 1. The Morgan fingerprint density at radius 3 is 2.59 bits per heavy atom. The molecule has 0 saturated heterocycles. The third-order valence-corrected chi connectivity index (χ3v) is 6.19. The lowest BCUT2D eigenvalue weighted by molar-refractivity contribution is -0.115. The summed E-state index contributed by atoms with van der Waals surface area (Å²) in [6.45, 7) is 1.71. The third kappa shape index (κ3) is 4.76. The average molecular weight is 409 g/mol. The molecule has 10 heteroatoms. The largest absolute Gasteiger partial charge is 0.325 e. The zero-order valence-electron chi connectivity index (χ0n) is 14.7. The van der Waals surface area contributed by atoms with E-state index in [1.54, 1.807) is 6.92 Å². The number of carbonyl (C=O) groups is 1. The maximum Gasteiger partial charge on any atom is 0.254 e. The number of benzene rings is 1. The van der Waals surface area contributed by atoms with E-state index in [1.165, 1.54) is 36.0 Å². The van der Waals surface area contributed by atoms with E-state index in [9.17, 15) is 18.0 Å². The second-order valence-electron chi connectivity index (χ2n) is 6.32. The molecule has 1 heterocycles. The fourth-order valence-corrected chi connectivity index (χ4v) is 4.16. The Hall–Kier alpha value is -2.17. The summed E-state index contributed by atoms with van der Waals surface area (Å²) in [6, 6.07) is 5.58. The second kappa shape index (κ2) is 7.83. The molecule has 1 atom stereocenters. The Labute approximate surface area is 161 Å². The van der Waals surface area contributed by atoms with E-state index in [0.717, 1.165) is 36.9 Å². The average Bonchev–Trinajstić information content (AvgIpc) is 2.61. The van der Waals surface area contributed by atoms with Crippen molar-refractivity contribution in [2.24, 2.45) is 5.14 Å². The molecule has 0 radical (unpaired) electrons. The zero-order chi connectivity index (χ0) is 19.6. The molecule has 0 saturated carbocycles. The molecule has 27 heavy (non-hydrogen) atoms. The minimum absolute atomic E-state index is 0.0289. The number of nitrogens with zero attached hydrogens (tertiary/aromatic N) is 1. The maximum atomic E-state index is 12.4. The molecule has 4 N–H and O–H groups in total. The molecule has 0 spiro atoms. The number of aryl methyl sites for hydroxylation is 1. The smallest absolute Gasteiger partial charge is 0.254 e. The highest BCUT2D eigenvalue weighted by Crippen LogP contribution is 2.23. The van der Waals surface area contributed by atoms with Crippen LogP contribution in [-0.2, 0) is 27.7 Å². The van der Waals surface area contributed by atoms with Gasteiger partial charge in [0.2, 0.25) is 15.9 Å². The first-order chi connectivity index (χ1) is 12.7. The number of H-pyrrole nitrogens is 1. The van der Waals surface area contributed by atoms with Crippen LogP contribution in [0.25, 0.3) is 0 Å². The molecule has 144 valence electrons. The summed E-state index contributed by atoms with van der Waals surface area (Å²) in [4.78, 5) is 31.8. The SMILES string of the molecule is C[C@@H](Sc1nc2c(c(=O)[nH]1)CCCC2)C(=O)Nc1ccc(S(N)(=O)=O)cc1. The predicted molar refractivity (Wildman–Crippen MR) is 103 cm³/mol. The van der Waals surface area contributed by atoms with Gasteiger partial charge in [0.1, 0.15) is 0 Å². The highest BCUT2D eigenvalue weighted by molar-refractivity contribution is 8.00. The molecule has 1 aromatic heterocycles. The third-order valence-electron chi connectivity index (χ3n) is 4.28. The monoisotopic (exact) mass is 408 g/mol. The van der Waals surface area contributed by atoms with Crippen molar-refractivity contribution in [3.05, 3.63) is 45.9 Å². The number of fused-ring (bicyclic) bond motifs is 1. The lowest BCUT2D eigenvalue weighted by atomic mass is 9.97. The van der Waals surface area contributed by atoms with Gasteiger partial charge in [-0.3, -0.25) is 9.59 Å². The van der Waals surface area contributed by atoms with Crippen LogP contribution in [0.1, 0.15) is 31.0 Å². The minimum Gasteiger partial charge on any atom is -0.325 e. The Morgan fingerprint density at radius 1 is 1.26 bits per heavy atom. The molecule has 8 nitrogen and oxygen atoms in total. The van der Waals surface area contributed by atoms with Gasteiger partial charge in [0.15, 0.2) is 5.16 Å². The van der Waals surface area contributed by atoms with Crippen molar-refractivity contribution in [3.63, 3.8) is 0 Å². The molecule has 0 bridgehead atoms. The van der Waals surface area contributed by atoms with E-state index in [0.29, 0.717) is 10.8 Å². The predicted octanol–water partition coefficient (Wildman–Crippen LogP) is 1.42. The van der Waals surface area contributed by atoms with Gasteiger partial charge in [-0.2, -0.15) is 0 Å². The first-order valence-corrected chi connectivity index (χ1v) is 10.9. The number of sulfonamides is 1. The van der Waals surface area contributed by atoms with Gasteiger partial charge >= 0.3 is 0 Å². The summed E-state index contributed by atoms with van der Waals surface area (Å²) >= 11 is 1.17. The zero-order valence-corrected chi connectivity index (χ0v) is 16.3. The first kappa shape index (κ1) is 19.6. The normalized spacial score (nSPS) is 15.0. The maximum absolute atomic E-state index is 12.4. The standard InChI is InChI=1S/C17H20N4O4S2/c1-10(15(22)19-11-6-8-12(9-7-11)27(18,24)25)26-17-20-14-5-3-2-4-13(14)16(23)21-17/h6-10H,2-5H2,1H3,(H,19,22)(H2,18,24,25)(H,20,21,23)/t10-/m1/s1. The van der Waals surface area contributed by atoms with Crippen molar-refractivity contribution in [2.75, 3.05) is 5.32 Å². The molecule has 1 amide bonds. The van der Waals surface area contributed by atoms with Crippen LogP contribution in [0.3, 0.4) is 0 Å². The van der Waals surface area contributed by atoms with Gasteiger partial charge in [-0.15, -0.1) is 0 Å². The molecule has 2 aromatic rings. The van der Waals surface area contributed by atoms with Crippen LogP contribution in [0, 0.1) is 0 Å². The van der Waals surface area contributed by atoms with Gasteiger partial charge in [0, 0.05) is 11.3 Å². The van der Waals surface area contributed by atoms with Crippen molar-refractivity contribution >= 4 is 33.4 Å². The quantitative estimate of drug-likeness (QED) is 0.506. The highest BCUT2D eigenvalue weighted by Gasteiger charge is 2.20. The van der Waals surface area contributed by atoms with Crippen molar-refractivity contribution in [1.82, 2.24) is 9.97 Å². The summed E-state index contributed by atoms with van der Waals surface area (Å²) in [7, 11) is -3.78. The van der Waals surface area contributed by atoms with Gasteiger partial charge in [0.05, 0.1) is 15.8 Å². The molecular weight excluding hydrogens is 388 g/mol. The number of nitrogens with one attached hydrogen (secondary N) is 2. The van der Waals surface area contributed by atoms with E-state index in [-0.39, 0.29) is 16.4 Å². The number of hydrogen-bond acceptors (Lipinski definition) is 6. The van der Waals surface area contributed by atoms with Crippen LogP contribution in [0.15, 0.2) is 39.1 Å². The molecule has 1 aliphatic carbocycles. The van der Waals surface area contributed by atoms with Crippen LogP contribution in [0.2, 0.25) is 0 Å². The van der Waals surface area contributed by atoms with Crippen molar-refractivity contribution < 1.29 is 13.2 Å². The number of aromatic nitrogens is 2. The van der Waals surface area contributed by atoms with E-state index in [1.807, 2.05) is 0 Å². The highest BCUT2D eigenvalue weighted by atomic mass is 32.2. The number of anilines is 1. The topological polar surface area (TPSA) is 135 Å². The van der Waals surface area contributed by atoms with Crippen LogP contribution >= 0.6 is 11.8 Å². The van der Waals surface area contributed by atoms with Gasteiger partial charge in [-0.1, -0.05) is 11.8 Å². The van der Waals surface area contributed by atoms with Gasteiger partial charge in [0.25, 0.3) is 5.56 Å². The number of rotatable bonds is 5. The van der Waals surface area contributed by atoms with Crippen LogP contribution in [-0.4, -0.2) is 29.5 Å². The Morgan fingerprint density at radius 2 is 1.93 bits per heavy atom. The van der Waals surface area contributed by atoms with Gasteiger partial charge in [-0.25, -0.2) is 18.5 Å². The van der Waals surface area contributed by atoms with Crippen LogP contribution < -0.4 is 16.0 Å². The molecule has 3 rings (SSSR count). The van der Waals surface area contributed by atoms with Crippen LogP contribution in [0.4, 0.5) is 5.69 Å². The summed E-state index contributed by atoms with van der Waals surface area (Å²) in [5.41, 5.74) is 1.89. The summed E-state index contributed by atoms with van der Waals surface area (Å²) in [5, 5.41) is 7.67. The Bertz CT molecular complexity index is 1020. The summed E-state index contributed by atoms with van der Waals surface area (Å²) in [5.74, 6) is -0.288. The molecular formula is C17H20N4O4S2. The van der Waals surface area contributed by atoms with Crippen molar-refractivity contribution in [3.8, 4) is 0 Å². The van der Waals surface area contributed by atoms with Crippen molar-refractivity contribution in [2.45, 2.75) is 47.9 Å². The fraction of sp³-hybridized carbons (Fsp3) is 0.353. The molecule has 0 unspecified atom stereocenters. The van der Waals surface area contributed by atoms with Gasteiger partial charge < -0.3 is 10.3 Å². The Kier molecular flexibility index (Phi) is 5.68. The van der Waals surface area contributed by atoms with E-state index in [2.05, 4.69) is 15.3 Å². The molecule has 1 aliphatic rings. The first-order valence-electron chi connectivity index (χ1n) is 8.46. The molecule has 0 aliphatic heterocycles. The fourth-order valence-electron chi connectivity index (χ4n) is 2.83. The number of hydrogen-bond donors (Lipinski definition) is 3. The lowest BCUT2D eigenvalue weighted by Crippen LogP contribution is -2.25. The number of aromatic amines is 1. The molecule has 1 aromatic carbocycles. The second-order valence-corrected chi connectivity index (χ2v) is 9.21. The Balaban J connectivity index is 1.67. The number of thioether (sulfide) groups is 1. The van der Waals surface area contributed by atoms with E-state index in [4.69, 9.17) is 5.14 Å².